The maximum Gasteiger partial charge on any atom is 3.00 e. The molecule has 0 amide bonds. The Balaban J connectivity index is -0.000000420. The van der Waals surface area contributed by atoms with Gasteiger partial charge >= 0.3 is 26.2 Å². The maximum absolute atomic E-state index is 9.84. The molecule has 1 nitrogen and oxygen atoms in total. The predicted octanol–water partition coefficient (Wildman–Crippen LogP) is 0.715. The van der Waals surface area contributed by atoms with Gasteiger partial charge in [0.05, 0.1) is 0 Å². The quantitative estimate of drug-likeness (QED) is 0.533. The van der Waals surface area contributed by atoms with E-state index < -0.39 is 0 Å². The van der Waals surface area contributed by atoms with Gasteiger partial charge in [-0.15, -0.1) is 6.92 Å². The number of hydrogen-bond donors (Lipinski definition) is 1. The van der Waals surface area contributed by atoms with Crippen molar-refractivity contribution in [2.24, 2.45) is 5.92 Å². The molecule has 0 fully saturated rings. The van der Waals surface area contributed by atoms with E-state index in [4.69, 9.17) is 0 Å². The molecule has 0 saturated carbocycles. The second-order valence-corrected chi connectivity index (χ2v) is 9.03. The summed E-state index contributed by atoms with van der Waals surface area (Å²) in [6.45, 7) is 21.6. The summed E-state index contributed by atoms with van der Waals surface area (Å²) in [5, 5.41) is 9.84. The average molecular weight is 490 g/mol. The number of phenolic OH excluding ortho intramolecular Hbond substituents is 1. The summed E-state index contributed by atoms with van der Waals surface area (Å²) in [6.07, 6.45) is 3.36. The maximum atomic E-state index is 9.84. The molecule has 1 N–H and O–H groups in total. The Morgan fingerprint density at radius 2 is 1.37 bits per heavy atom. The van der Waals surface area contributed by atoms with E-state index in [1.807, 2.05) is 6.07 Å². The van der Waals surface area contributed by atoms with Gasteiger partial charge in [-0.05, 0) is 28.0 Å². The third-order valence-corrected chi connectivity index (χ3v) is 4.91. The van der Waals surface area contributed by atoms with Crippen molar-refractivity contribution in [1.29, 1.82) is 0 Å². The topological polar surface area (TPSA) is 20.2 Å². The largest absolute Gasteiger partial charge is 3.00 e. The number of hydrogen-bond acceptors (Lipinski definition) is 1. The van der Waals surface area contributed by atoms with Crippen LogP contribution in [0.25, 0.3) is 0 Å². The molecule has 0 heterocycles. The van der Waals surface area contributed by atoms with Crippen molar-refractivity contribution in [3.05, 3.63) is 52.1 Å². The molecular weight excluding hydrogens is 454 g/mol. The van der Waals surface area contributed by atoms with Crippen LogP contribution in [0.2, 0.25) is 0 Å². The van der Waals surface area contributed by atoms with Crippen LogP contribution in [0.15, 0.2) is 34.9 Å². The van der Waals surface area contributed by atoms with Crippen LogP contribution in [0.1, 0.15) is 80.4 Å². The number of aromatic hydroxyl groups is 1. The normalized spacial score (nSPS) is 16.2. The van der Waals surface area contributed by atoms with Crippen LogP contribution in [-0.4, -0.2) is 5.11 Å². The summed E-state index contributed by atoms with van der Waals surface area (Å²) in [5.41, 5.74) is 6.66. The van der Waals surface area contributed by atoms with Crippen molar-refractivity contribution in [3.8, 4) is 5.75 Å². The minimum atomic E-state index is -0.00859. The first kappa shape index (κ1) is 31.7. The molecular formula is C23H35Cl2OZr. The van der Waals surface area contributed by atoms with E-state index in [2.05, 4.69) is 81.4 Å². The fourth-order valence-electron chi connectivity index (χ4n) is 2.77. The zero-order valence-electron chi connectivity index (χ0n) is 18.5. The number of rotatable bonds is 0. The Morgan fingerprint density at radius 1 is 0.889 bits per heavy atom. The molecule has 27 heavy (non-hydrogen) atoms. The van der Waals surface area contributed by atoms with E-state index in [1.165, 1.54) is 22.3 Å². The molecule has 4 heteroatoms. The van der Waals surface area contributed by atoms with Gasteiger partial charge < -0.3 is 29.9 Å². The van der Waals surface area contributed by atoms with Crippen LogP contribution >= 0.6 is 0 Å². The first-order valence-electron chi connectivity index (χ1n) is 8.87. The molecule has 2 rings (SSSR count). The summed E-state index contributed by atoms with van der Waals surface area (Å²) < 4.78 is 0. The van der Waals surface area contributed by atoms with Gasteiger partial charge in [0, 0.05) is 0 Å². The number of phenols is 1. The van der Waals surface area contributed by atoms with Crippen LogP contribution < -0.4 is 24.8 Å². The molecule has 0 saturated heterocycles. The Kier molecular flexibility index (Phi) is 13.9. The summed E-state index contributed by atoms with van der Waals surface area (Å²) >= 11 is 0. The van der Waals surface area contributed by atoms with E-state index in [9.17, 15) is 5.11 Å². The molecule has 1 atom stereocenters. The van der Waals surface area contributed by atoms with Gasteiger partial charge in [-0.25, -0.2) is 5.57 Å². The first-order chi connectivity index (χ1) is 10.7. The molecule has 0 aromatic heterocycles. The smallest absolute Gasteiger partial charge is 1.00 e. The van der Waals surface area contributed by atoms with E-state index in [1.54, 1.807) is 6.07 Å². The molecule has 151 valence electrons. The summed E-state index contributed by atoms with van der Waals surface area (Å²) in [5.74, 6) is 0.959. The summed E-state index contributed by atoms with van der Waals surface area (Å²) in [4.78, 5) is 0. The number of benzene rings is 1. The van der Waals surface area contributed by atoms with Crippen molar-refractivity contribution in [1.82, 2.24) is 0 Å². The van der Waals surface area contributed by atoms with Gasteiger partial charge in [-0.2, -0.15) is 11.1 Å². The molecule has 0 aliphatic heterocycles. The van der Waals surface area contributed by atoms with Gasteiger partial charge in [0.15, 0.2) is 0 Å². The Labute approximate surface area is 199 Å². The van der Waals surface area contributed by atoms with Gasteiger partial charge in [0.25, 0.3) is 0 Å². The molecule has 1 unspecified atom stereocenters. The number of allylic oxidation sites excluding steroid dienone is 4. The van der Waals surface area contributed by atoms with E-state index in [0.717, 1.165) is 5.56 Å². The Hall–Kier alpha value is -0.0369. The van der Waals surface area contributed by atoms with Gasteiger partial charge in [0.1, 0.15) is 5.75 Å². The third kappa shape index (κ3) is 8.89. The van der Waals surface area contributed by atoms with Crippen LogP contribution in [0, 0.1) is 12.0 Å². The SMILES string of the molecule is CC(C)(C)c1ccc(O)c(C(C)(C)C)c1.CC1=[C-]C(C)C(C)=C1C.[Cl-].[Cl-].[Zr+3]. The van der Waals surface area contributed by atoms with E-state index in [0.29, 0.717) is 11.7 Å². The standard InChI is InChI=1S/C14H22O.C9H13.2ClH.Zr/c1-13(2,3)10-7-8-12(15)11(9-10)14(4,5)6;1-6-5-7(2)9(4)8(6)3;;;/h7-9,15H,1-6H3;6H,1-4H3;2*1H;/q;-1;;;+3/p-2. The predicted molar refractivity (Wildman–Crippen MR) is 105 cm³/mol. The molecule has 1 aliphatic carbocycles. The molecule has 1 radical (unpaired) electrons. The van der Waals surface area contributed by atoms with Gasteiger partial charge in [-0.3, -0.25) is 6.08 Å². The molecule has 1 aromatic carbocycles. The van der Waals surface area contributed by atoms with Crippen LogP contribution in [0.3, 0.4) is 0 Å². The van der Waals surface area contributed by atoms with Crippen molar-refractivity contribution < 1.29 is 56.1 Å². The fraction of sp³-hybridized carbons (Fsp3) is 0.565. The van der Waals surface area contributed by atoms with Crippen LogP contribution in [0.4, 0.5) is 0 Å². The van der Waals surface area contributed by atoms with Crippen molar-refractivity contribution >= 4 is 0 Å². The zero-order valence-corrected chi connectivity index (χ0v) is 22.5. The van der Waals surface area contributed by atoms with Crippen molar-refractivity contribution in [2.75, 3.05) is 0 Å². The van der Waals surface area contributed by atoms with Crippen molar-refractivity contribution in [2.45, 2.75) is 80.1 Å². The molecule has 1 aliphatic rings. The van der Waals surface area contributed by atoms with E-state index in [-0.39, 0.29) is 61.8 Å². The second-order valence-electron chi connectivity index (χ2n) is 9.03. The van der Waals surface area contributed by atoms with Gasteiger partial charge in [0.2, 0.25) is 0 Å². The Morgan fingerprint density at radius 3 is 1.63 bits per heavy atom. The van der Waals surface area contributed by atoms with Crippen molar-refractivity contribution in [3.63, 3.8) is 0 Å². The molecule has 0 bridgehead atoms. The Bertz CT molecular complexity index is 662. The zero-order chi connectivity index (χ0) is 18.9. The first-order valence-corrected chi connectivity index (χ1v) is 8.87. The fourth-order valence-corrected chi connectivity index (χ4v) is 2.77. The summed E-state index contributed by atoms with van der Waals surface area (Å²) in [7, 11) is 0. The monoisotopic (exact) mass is 487 g/mol. The summed E-state index contributed by atoms with van der Waals surface area (Å²) in [6, 6.07) is 5.93. The van der Waals surface area contributed by atoms with Crippen LogP contribution in [-0.2, 0) is 37.0 Å². The van der Waals surface area contributed by atoms with E-state index >= 15 is 0 Å². The number of halogens is 2. The second kappa shape index (κ2) is 11.8. The van der Waals surface area contributed by atoms with Gasteiger partial charge in [-0.1, -0.05) is 80.4 Å². The molecule has 0 spiro atoms. The minimum Gasteiger partial charge on any atom is -1.00 e. The average Bonchev–Trinajstić information content (AvgIpc) is 2.64. The minimum absolute atomic E-state index is 0. The molecule has 1 aromatic rings. The third-order valence-electron chi connectivity index (χ3n) is 4.91. The van der Waals surface area contributed by atoms with Crippen LogP contribution in [0.5, 0.6) is 5.75 Å².